The van der Waals surface area contributed by atoms with Gasteiger partial charge < -0.3 is 29.0 Å². The average Bonchev–Trinajstić information content (AvgIpc) is 3.00. The van der Waals surface area contributed by atoms with Gasteiger partial charge in [0.2, 0.25) is 0 Å². The van der Waals surface area contributed by atoms with E-state index < -0.39 is 41.7 Å². The maximum Gasteiger partial charge on any atom is 0.494 e. The molecule has 2 amide bonds. The highest BCUT2D eigenvalue weighted by Crippen LogP contribution is 2.36. The molecule has 1 fully saturated rings. The van der Waals surface area contributed by atoms with Gasteiger partial charge in [-0.1, -0.05) is 30.3 Å². The van der Waals surface area contributed by atoms with Crippen LogP contribution >= 0.6 is 0 Å². The molecule has 1 saturated heterocycles. The zero-order valence-electron chi connectivity index (χ0n) is 25.7. The Morgan fingerprint density at radius 3 is 2.03 bits per heavy atom. The highest BCUT2D eigenvalue weighted by Gasteiger charge is 2.51. The van der Waals surface area contributed by atoms with E-state index in [9.17, 15) is 9.59 Å². The molecule has 0 unspecified atom stereocenters. The van der Waals surface area contributed by atoms with Crippen LogP contribution in [0.25, 0.3) is 0 Å². The molecule has 0 spiro atoms. The van der Waals surface area contributed by atoms with Gasteiger partial charge in [0.25, 0.3) is 0 Å². The van der Waals surface area contributed by atoms with Crippen LogP contribution in [-0.4, -0.2) is 59.7 Å². The van der Waals surface area contributed by atoms with Crippen LogP contribution in [0.3, 0.4) is 0 Å². The summed E-state index contributed by atoms with van der Waals surface area (Å²) in [7, 11) is -0.462. The molecule has 1 aromatic rings. The number of carbonyl (C=O) groups is 2. The van der Waals surface area contributed by atoms with Crippen LogP contribution in [-0.2, 0) is 18.8 Å². The van der Waals surface area contributed by atoms with Crippen molar-refractivity contribution in [1.82, 2.24) is 10.2 Å². The van der Waals surface area contributed by atoms with E-state index in [2.05, 4.69) is 11.9 Å². The van der Waals surface area contributed by atoms with Crippen molar-refractivity contribution in [2.45, 2.75) is 117 Å². The Labute approximate surface area is 235 Å². The van der Waals surface area contributed by atoms with E-state index in [1.54, 1.807) is 4.90 Å². The number of amides is 2. The summed E-state index contributed by atoms with van der Waals surface area (Å²) in [6.45, 7) is 23.8. The molecule has 0 saturated carbocycles. The summed E-state index contributed by atoms with van der Waals surface area (Å²) in [6, 6.07) is 7.78. The van der Waals surface area contributed by atoms with E-state index in [1.807, 2.05) is 99.6 Å². The number of rotatable bonds is 10. The number of alkyl carbamates (subject to hydrolysis) is 1. The van der Waals surface area contributed by atoms with Gasteiger partial charge in [-0.3, -0.25) is 0 Å². The smallest absolute Gasteiger partial charge is 0.444 e. The monoisotopic (exact) mass is 544 g/mol. The molecule has 1 atom stereocenters. The number of hydrogen-bond acceptors (Lipinski definition) is 6. The van der Waals surface area contributed by atoms with Crippen LogP contribution in [0.4, 0.5) is 9.59 Å². The fourth-order valence-corrected chi connectivity index (χ4v) is 4.08. The molecule has 1 aromatic carbocycles. The minimum Gasteiger partial charge on any atom is -0.444 e. The number of allylic oxidation sites excluding steroid dienone is 1. The molecule has 0 bridgehead atoms. The van der Waals surface area contributed by atoms with Gasteiger partial charge in [-0.05, 0) is 99.5 Å². The van der Waals surface area contributed by atoms with Gasteiger partial charge in [0.05, 0.1) is 17.2 Å². The molecule has 218 valence electrons. The first-order valence-corrected chi connectivity index (χ1v) is 13.9. The van der Waals surface area contributed by atoms with Crippen LogP contribution < -0.4 is 10.8 Å². The van der Waals surface area contributed by atoms with Crippen molar-refractivity contribution in [3.63, 3.8) is 0 Å². The summed E-state index contributed by atoms with van der Waals surface area (Å²) in [6.07, 6.45) is 2.91. The lowest BCUT2D eigenvalue weighted by Crippen LogP contribution is -2.41. The summed E-state index contributed by atoms with van der Waals surface area (Å²) in [5.41, 5.74) is -0.177. The number of nitrogens with one attached hydrogen (secondary N) is 1. The largest absolute Gasteiger partial charge is 0.494 e. The Hall–Kier alpha value is -2.52. The summed E-state index contributed by atoms with van der Waals surface area (Å²) < 4.78 is 23.5. The lowest BCUT2D eigenvalue weighted by atomic mass is 9.78. The number of carbonyl (C=O) groups excluding carboxylic acids is 2. The molecular formula is C30H49BN2O6. The molecule has 1 heterocycles. The Kier molecular flexibility index (Phi) is 10.7. The van der Waals surface area contributed by atoms with Crippen molar-refractivity contribution < 1.29 is 28.4 Å². The molecule has 39 heavy (non-hydrogen) atoms. The second kappa shape index (κ2) is 12.8. The van der Waals surface area contributed by atoms with Crippen molar-refractivity contribution in [3.8, 4) is 0 Å². The van der Waals surface area contributed by atoms with Crippen molar-refractivity contribution in [1.29, 1.82) is 0 Å². The van der Waals surface area contributed by atoms with Gasteiger partial charge in [0, 0.05) is 13.1 Å². The average molecular weight is 545 g/mol. The van der Waals surface area contributed by atoms with E-state index in [0.29, 0.717) is 25.9 Å². The van der Waals surface area contributed by atoms with Crippen LogP contribution in [0.1, 0.15) is 100 Å². The van der Waals surface area contributed by atoms with Crippen LogP contribution in [0.2, 0.25) is 0 Å². The number of nitrogens with zero attached hydrogens (tertiary/aromatic N) is 1. The Bertz CT molecular complexity index is 963. The predicted octanol–water partition coefficient (Wildman–Crippen LogP) is 6.15. The van der Waals surface area contributed by atoms with E-state index in [4.69, 9.17) is 18.8 Å². The third-order valence-electron chi connectivity index (χ3n) is 6.74. The third-order valence-corrected chi connectivity index (χ3v) is 6.74. The molecular weight excluding hydrogens is 495 g/mol. The first-order chi connectivity index (χ1) is 17.9. The van der Waals surface area contributed by atoms with E-state index in [0.717, 1.165) is 17.4 Å². The van der Waals surface area contributed by atoms with Gasteiger partial charge in [0.1, 0.15) is 11.2 Å². The quantitative estimate of drug-likeness (QED) is 0.216. The highest BCUT2D eigenvalue weighted by molar-refractivity contribution is 6.62. The SMILES string of the molecule is C=CCC[C@@H](c1ccc(B2OC(C)(C)C(C)(C)O2)cc1)N(CCCNC(=O)OC(C)(C)C)C(=O)OC(C)(C)C. The fourth-order valence-electron chi connectivity index (χ4n) is 4.08. The summed E-state index contributed by atoms with van der Waals surface area (Å²) in [4.78, 5) is 27.2. The number of ether oxygens (including phenoxy) is 2. The van der Waals surface area contributed by atoms with Gasteiger partial charge in [-0.15, -0.1) is 6.58 Å². The standard InChI is InChI=1S/C30H49BN2O6/c1-12-13-15-24(22-16-18-23(19-17-22)31-38-29(8,9)30(10,11)39-31)33(26(35)37-28(5,6)7)21-14-20-32-25(34)36-27(2,3)4/h12,16-19,24H,1,13-15,20-21H2,2-11H3,(H,32,34)/t24-/m0/s1. The lowest BCUT2D eigenvalue weighted by Gasteiger charge is -2.34. The molecule has 1 aliphatic heterocycles. The topological polar surface area (TPSA) is 86.3 Å². The van der Waals surface area contributed by atoms with E-state index >= 15 is 0 Å². The first kappa shape index (κ1) is 32.7. The molecule has 2 rings (SSSR count). The van der Waals surface area contributed by atoms with Crippen LogP contribution in [0, 0.1) is 0 Å². The zero-order valence-corrected chi connectivity index (χ0v) is 25.7. The zero-order chi connectivity index (χ0) is 29.6. The summed E-state index contributed by atoms with van der Waals surface area (Å²) in [5.74, 6) is 0. The Balaban J connectivity index is 2.24. The van der Waals surface area contributed by atoms with Crippen molar-refractivity contribution in [3.05, 3.63) is 42.5 Å². The van der Waals surface area contributed by atoms with E-state index in [-0.39, 0.29) is 6.04 Å². The summed E-state index contributed by atoms with van der Waals surface area (Å²) >= 11 is 0. The molecule has 1 aliphatic rings. The normalized spacial score (nSPS) is 17.3. The molecule has 1 N–H and O–H groups in total. The van der Waals surface area contributed by atoms with Gasteiger partial charge in [-0.25, -0.2) is 9.59 Å². The Morgan fingerprint density at radius 2 is 1.54 bits per heavy atom. The second-order valence-electron chi connectivity index (χ2n) is 13.1. The lowest BCUT2D eigenvalue weighted by molar-refractivity contribution is 0.00578. The van der Waals surface area contributed by atoms with Crippen LogP contribution in [0.5, 0.6) is 0 Å². The fraction of sp³-hybridized carbons (Fsp3) is 0.667. The van der Waals surface area contributed by atoms with Crippen molar-refractivity contribution in [2.24, 2.45) is 0 Å². The molecule has 8 nitrogen and oxygen atoms in total. The number of benzene rings is 1. The second-order valence-corrected chi connectivity index (χ2v) is 13.1. The van der Waals surface area contributed by atoms with E-state index in [1.165, 1.54) is 0 Å². The maximum atomic E-state index is 13.4. The molecule has 9 heteroatoms. The first-order valence-electron chi connectivity index (χ1n) is 13.9. The van der Waals surface area contributed by atoms with Gasteiger partial charge in [0.15, 0.2) is 0 Å². The van der Waals surface area contributed by atoms with Crippen molar-refractivity contribution in [2.75, 3.05) is 13.1 Å². The number of hydrogen-bond donors (Lipinski definition) is 1. The summed E-state index contributed by atoms with van der Waals surface area (Å²) in [5, 5.41) is 2.77. The molecule has 0 aliphatic carbocycles. The maximum absolute atomic E-state index is 13.4. The van der Waals surface area contributed by atoms with Crippen LogP contribution in [0.15, 0.2) is 36.9 Å². The Morgan fingerprint density at radius 1 is 1.00 bits per heavy atom. The van der Waals surface area contributed by atoms with Gasteiger partial charge >= 0.3 is 19.3 Å². The van der Waals surface area contributed by atoms with Crippen molar-refractivity contribution >= 4 is 24.8 Å². The highest BCUT2D eigenvalue weighted by atomic mass is 16.7. The minimum atomic E-state index is -0.645. The third kappa shape index (κ3) is 9.87. The minimum absolute atomic E-state index is 0.244. The van der Waals surface area contributed by atoms with Gasteiger partial charge in [-0.2, -0.15) is 0 Å². The predicted molar refractivity (Wildman–Crippen MR) is 156 cm³/mol. The molecule has 0 aromatic heterocycles. The molecule has 0 radical (unpaired) electrons.